The summed E-state index contributed by atoms with van der Waals surface area (Å²) >= 11 is 0. The van der Waals surface area contributed by atoms with E-state index in [0.29, 0.717) is 22.5 Å². The highest BCUT2D eigenvalue weighted by atomic mass is 16.2. The van der Waals surface area contributed by atoms with Crippen LogP contribution < -0.4 is 11.0 Å². The summed E-state index contributed by atoms with van der Waals surface area (Å²) < 4.78 is 2.80. The van der Waals surface area contributed by atoms with Gasteiger partial charge in [0.1, 0.15) is 6.04 Å². The summed E-state index contributed by atoms with van der Waals surface area (Å²) in [5.74, 6) is -1.47. The van der Waals surface area contributed by atoms with Crippen molar-refractivity contribution in [2.45, 2.75) is 19.5 Å². The Balaban J connectivity index is 1.33. The number of hydrogen-bond donors (Lipinski definition) is 1. The molecular formula is C24H19N5O4. The molecule has 0 bridgehead atoms. The number of amides is 3. The van der Waals surface area contributed by atoms with E-state index in [-0.39, 0.29) is 12.2 Å². The predicted octanol–water partition coefficient (Wildman–Crippen LogP) is 2.17. The van der Waals surface area contributed by atoms with Crippen LogP contribution in [0.25, 0.3) is 5.65 Å². The van der Waals surface area contributed by atoms with Crippen molar-refractivity contribution in [3.05, 3.63) is 100 Å². The minimum Gasteiger partial charge on any atom is -0.324 e. The Morgan fingerprint density at radius 2 is 1.64 bits per heavy atom. The number of imide groups is 1. The summed E-state index contributed by atoms with van der Waals surface area (Å²) in [6.07, 6.45) is 1.65. The molecule has 1 unspecified atom stereocenters. The highest BCUT2D eigenvalue weighted by Gasteiger charge is 2.40. The molecule has 1 N–H and O–H groups in total. The maximum atomic E-state index is 12.9. The van der Waals surface area contributed by atoms with Crippen molar-refractivity contribution in [3.8, 4) is 0 Å². The van der Waals surface area contributed by atoms with E-state index in [4.69, 9.17) is 0 Å². The first-order chi connectivity index (χ1) is 15.9. The van der Waals surface area contributed by atoms with Crippen molar-refractivity contribution >= 4 is 29.1 Å². The molecule has 9 nitrogen and oxygen atoms in total. The van der Waals surface area contributed by atoms with Gasteiger partial charge in [0, 0.05) is 11.9 Å². The summed E-state index contributed by atoms with van der Waals surface area (Å²) in [6, 6.07) is 17.8. The number of carbonyl (C=O) groups is 3. The average Bonchev–Trinajstić information content (AvgIpc) is 3.27. The van der Waals surface area contributed by atoms with Crippen molar-refractivity contribution in [1.82, 2.24) is 19.1 Å². The van der Waals surface area contributed by atoms with Crippen molar-refractivity contribution < 1.29 is 14.4 Å². The van der Waals surface area contributed by atoms with E-state index in [1.807, 2.05) is 6.07 Å². The number of carbonyl (C=O) groups excluding carboxylic acids is 3. The van der Waals surface area contributed by atoms with Gasteiger partial charge in [0.05, 0.1) is 17.7 Å². The molecule has 0 fully saturated rings. The smallest absolute Gasteiger partial charge is 0.324 e. The number of hydrogen-bond acceptors (Lipinski definition) is 5. The minimum atomic E-state index is -0.998. The van der Waals surface area contributed by atoms with Gasteiger partial charge in [-0.2, -0.15) is 0 Å². The molecule has 0 aliphatic carbocycles. The number of anilines is 1. The topological polar surface area (TPSA) is 106 Å². The predicted molar refractivity (Wildman–Crippen MR) is 120 cm³/mol. The Labute approximate surface area is 187 Å². The van der Waals surface area contributed by atoms with E-state index in [0.717, 1.165) is 10.5 Å². The van der Waals surface area contributed by atoms with Crippen LogP contribution in [0.3, 0.4) is 0 Å². The number of aromatic nitrogens is 3. The third-order valence-corrected chi connectivity index (χ3v) is 5.61. The molecule has 0 saturated heterocycles. The summed E-state index contributed by atoms with van der Waals surface area (Å²) in [6.45, 7) is 1.73. The number of fused-ring (bicyclic) bond motifs is 2. The standard InChI is InChI=1S/C24H19N5O4/c1-15(29-22(31)18-9-2-3-10-19(18)23(29)32)21(30)25-17-8-6-7-16(13-17)14-28-24(33)27-12-5-4-11-20(27)26-28/h2-13,15H,14H2,1H3,(H,25,30). The fourth-order valence-corrected chi connectivity index (χ4v) is 3.92. The molecule has 2 aromatic carbocycles. The van der Waals surface area contributed by atoms with Crippen LogP contribution in [0.2, 0.25) is 0 Å². The highest BCUT2D eigenvalue weighted by molar-refractivity contribution is 6.23. The minimum absolute atomic E-state index is 0.220. The van der Waals surface area contributed by atoms with Crippen LogP contribution in [0.4, 0.5) is 5.69 Å². The molecule has 3 heterocycles. The summed E-state index contributed by atoms with van der Waals surface area (Å²) in [5, 5.41) is 7.07. The van der Waals surface area contributed by atoms with E-state index in [9.17, 15) is 19.2 Å². The lowest BCUT2D eigenvalue weighted by molar-refractivity contribution is -0.119. The number of nitrogens with one attached hydrogen (secondary N) is 1. The Hall–Kier alpha value is -4.53. The summed E-state index contributed by atoms with van der Waals surface area (Å²) in [7, 11) is 0. The number of nitrogens with zero attached hydrogens (tertiary/aromatic N) is 4. The van der Waals surface area contributed by atoms with Crippen LogP contribution in [0, 0.1) is 0 Å². The maximum absolute atomic E-state index is 12.9. The molecule has 1 atom stereocenters. The molecular weight excluding hydrogens is 422 g/mol. The zero-order valence-corrected chi connectivity index (χ0v) is 17.6. The molecule has 0 saturated carbocycles. The van der Waals surface area contributed by atoms with E-state index in [1.54, 1.807) is 66.9 Å². The zero-order valence-electron chi connectivity index (χ0n) is 17.6. The fraction of sp³-hybridized carbons (Fsp3) is 0.125. The van der Waals surface area contributed by atoms with Crippen molar-refractivity contribution in [1.29, 1.82) is 0 Å². The van der Waals surface area contributed by atoms with Crippen LogP contribution >= 0.6 is 0 Å². The van der Waals surface area contributed by atoms with E-state index >= 15 is 0 Å². The van der Waals surface area contributed by atoms with Crippen molar-refractivity contribution in [2.75, 3.05) is 5.32 Å². The Bertz CT molecular complexity index is 1450. The van der Waals surface area contributed by atoms with E-state index in [1.165, 1.54) is 16.0 Å². The van der Waals surface area contributed by atoms with Crippen molar-refractivity contribution in [2.24, 2.45) is 0 Å². The van der Waals surface area contributed by atoms with Crippen LogP contribution in [0.15, 0.2) is 77.7 Å². The normalized spacial score (nSPS) is 13.9. The molecule has 9 heteroatoms. The first-order valence-corrected chi connectivity index (χ1v) is 10.3. The van der Waals surface area contributed by atoms with E-state index < -0.39 is 23.8 Å². The highest BCUT2D eigenvalue weighted by Crippen LogP contribution is 2.25. The largest absolute Gasteiger partial charge is 0.350 e. The first-order valence-electron chi connectivity index (χ1n) is 10.3. The Morgan fingerprint density at radius 1 is 0.939 bits per heavy atom. The van der Waals surface area contributed by atoms with Gasteiger partial charge in [-0.15, -0.1) is 5.10 Å². The molecule has 3 amide bonds. The van der Waals surface area contributed by atoms with Gasteiger partial charge in [-0.25, -0.2) is 9.48 Å². The molecule has 5 rings (SSSR count). The van der Waals surface area contributed by atoms with Gasteiger partial charge in [0.25, 0.3) is 11.8 Å². The van der Waals surface area contributed by atoms with Crippen molar-refractivity contribution in [3.63, 3.8) is 0 Å². The lowest BCUT2D eigenvalue weighted by atomic mass is 10.1. The van der Waals surface area contributed by atoms with Crippen LogP contribution in [0.5, 0.6) is 0 Å². The second-order valence-electron chi connectivity index (χ2n) is 7.76. The molecule has 164 valence electrons. The third kappa shape index (κ3) is 3.49. The molecule has 4 aromatic rings. The second-order valence-corrected chi connectivity index (χ2v) is 7.76. The third-order valence-electron chi connectivity index (χ3n) is 5.61. The number of pyridine rings is 1. The molecule has 1 aliphatic heterocycles. The molecule has 0 spiro atoms. The SMILES string of the molecule is CC(C(=O)Nc1cccc(Cn2nc3ccccn3c2=O)c1)N1C(=O)c2ccccc2C1=O. The van der Waals surface area contributed by atoms with E-state index in [2.05, 4.69) is 10.4 Å². The van der Waals surface area contributed by atoms with Gasteiger partial charge in [-0.1, -0.05) is 30.3 Å². The molecule has 2 aromatic heterocycles. The second kappa shape index (κ2) is 7.86. The zero-order chi connectivity index (χ0) is 23.1. The van der Waals surface area contributed by atoms with Gasteiger partial charge < -0.3 is 5.32 Å². The van der Waals surface area contributed by atoms with Crippen LogP contribution in [0.1, 0.15) is 33.2 Å². The monoisotopic (exact) mass is 441 g/mol. The first kappa shape index (κ1) is 20.4. The molecule has 0 radical (unpaired) electrons. The fourth-order valence-electron chi connectivity index (χ4n) is 3.92. The molecule has 1 aliphatic rings. The van der Waals surface area contributed by atoms with Gasteiger partial charge in [-0.05, 0) is 48.9 Å². The summed E-state index contributed by atoms with van der Waals surface area (Å²) in [5.41, 5.74) is 2.11. The Morgan fingerprint density at radius 3 is 2.33 bits per heavy atom. The van der Waals surface area contributed by atoms with Crippen LogP contribution in [-0.2, 0) is 11.3 Å². The number of rotatable bonds is 5. The number of benzene rings is 2. The Kier molecular flexibility index (Phi) is 4.86. The average molecular weight is 441 g/mol. The van der Waals surface area contributed by atoms with Gasteiger partial charge >= 0.3 is 5.69 Å². The van der Waals surface area contributed by atoms with Gasteiger partial charge in [-0.3, -0.25) is 23.7 Å². The quantitative estimate of drug-likeness (QED) is 0.478. The van der Waals surface area contributed by atoms with Gasteiger partial charge in [0.2, 0.25) is 5.91 Å². The summed E-state index contributed by atoms with van der Waals surface area (Å²) in [4.78, 5) is 51.6. The lowest BCUT2D eigenvalue weighted by Gasteiger charge is -2.21. The lowest BCUT2D eigenvalue weighted by Crippen LogP contribution is -2.45. The maximum Gasteiger partial charge on any atom is 0.350 e. The molecule has 33 heavy (non-hydrogen) atoms. The van der Waals surface area contributed by atoms with Gasteiger partial charge in [0.15, 0.2) is 5.65 Å². The van der Waals surface area contributed by atoms with Crippen LogP contribution in [-0.4, -0.2) is 42.8 Å².